The highest BCUT2D eigenvalue weighted by Crippen LogP contribution is 2.32. The highest BCUT2D eigenvalue weighted by atomic mass is 35.5. The Kier molecular flexibility index (Phi) is 5.45. The SMILES string of the molecule is C=CC(=O)N1CC[C@@H](N2C=CN(c3ccc(Oc4cccc(F)c4Cl)cc3)C2)C1. The zero-order chi connectivity index (χ0) is 20.4. The molecule has 0 spiro atoms. The van der Waals surface area contributed by atoms with E-state index in [1.807, 2.05) is 35.4 Å². The molecule has 0 aromatic heterocycles. The van der Waals surface area contributed by atoms with Crippen LogP contribution in [0.15, 0.2) is 67.5 Å². The molecule has 1 atom stereocenters. The minimum atomic E-state index is -0.511. The summed E-state index contributed by atoms with van der Waals surface area (Å²) in [5.74, 6) is 0.340. The van der Waals surface area contributed by atoms with Crippen molar-refractivity contribution < 1.29 is 13.9 Å². The van der Waals surface area contributed by atoms with Crippen LogP contribution in [-0.4, -0.2) is 41.5 Å². The van der Waals surface area contributed by atoms with Crippen molar-refractivity contribution >= 4 is 23.2 Å². The number of halogens is 2. The molecule has 1 fully saturated rings. The van der Waals surface area contributed by atoms with E-state index in [0.717, 1.165) is 25.3 Å². The summed E-state index contributed by atoms with van der Waals surface area (Å²) in [6, 6.07) is 12.3. The van der Waals surface area contributed by atoms with Crippen molar-refractivity contribution in [3.63, 3.8) is 0 Å². The molecule has 1 saturated heterocycles. The molecule has 2 heterocycles. The number of hydrogen-bond acceptors (Lipinski definition) is 4. The molecule has 4 rings (SSSR count). The smallest absolute Gasteiger partial charge is 0.246 e. The molecule has 0 bridgehead atoms. The molecule has 0 saturated carbocycles. The lowest BCUT2D eigenvalue weighted by Crippen LogP contribution is -2.37. The molecule has 150 valence electrons. The fourth-order valence-corrected chi connectivity index (χ4v) is 3.74. The van der Waals surface area contributed by atoms with Crippen molar-refractivity contribution in [2.45, 2.75) is 12.5 Å². The Morgan fingerprint density at radius 2 is 2.00 bits per heavy atom. The molecule has 5 nitrogen and oxygen atoms in total. The lowest BCUT2D eigenvalue weighted by atomic mass is 10.2. The second kappa shape index (κ2) is 8.17. The molecule has 0 unspecified atom stereocenters. The number of amides is 1. The molecule has 2 aliphatic heterocycles. The first-order valence-corrected chi connectivity index (χ1v) is 9.77. The van der Waals surface area contributed by atoms with E-state index in [4.69, 9.17) is 16.3 Å². The van der Waals surface area contributed by atoms with Gasteiger partial charge in [-0.15, -0.1) is 0 Å². The Hall–Kier alpha value is -2.99. The van der Waals surface area contributed by atoms with Crippen molar-refractivity contribution in [1.29, 1.82) is 0 Å². The third-order valence-electron chi connectivity index (χ3n) is 5.18. The molecule has 29 heavy (non-hydrogen) atoms. The summed E-state index contributed by atoms with van der Waals surface area (Å²) in [6.45, 7) is 5.75. The summed E-state index contributed by atoms with van der Waals surface area (Å²) in [4.78, 5) is 18.0. The number of benzene rings is 2. The van der Waals surface area contributed by atoms with Crippen LogP contribution in [0.5, 0.6) is 11.5 Å². The largest absolute Gasteiger partial charge is 0.456 e. The predicted molar refractivity (Wildman–Crippen MR) is 111 cm³/mol. The van der Waals surface area contributed by atoms with E-state index < -0.39 is 5.82 Å². The molecule has 0 aliphatic carbocycles. The highest BCUT2D eigenvalue weighted by molar-refractivity contribution is 6.32. The maximum absolute atomic E-state index is 13.5. The van der Waals surface area contributed by atoms with Gasteiger partial charge in [-0.1, -0.05) is 24.2 Å². The van der Waals surface area contributed by atoms with Gasteiger partial charge in [-0.3, -0.25) is 4.79 Å². The van der Waals surface area contributed by atoms with Gasteiger partial charge in [-0.2, -0.15) is 0 Å². The molecular formula is C22H21ClFN3O2. The summed E-state index contributed by atoms with van der Waals surface area (Å²) in [6.07, 6.45) is 6.40. The minimum Gasteiger partial charge on any atom is -0.456 e. The van der Waals surface area contributed by atoms with E-state index in [0.29, 0.717) is 18.3 Å². The lowest BCUT2D eigenvalue weighted by molar-refractivity contribution is -0.125. The number of carbonyl (C=O) groups is 1. The number of rotatable bonds is 5. The minimum absolute atomic E-state index is 0.0125. The summed E-state index contributed by atoms with van der Waals surface area (Å²) in [5, 5.41) is -0.0322. The Balaban J connectivity index is 1.37. The van der Waals surface area contributed by atoms with Gasteiger partial charge in [0, 0.05) is 37.2 Å². The third kappa shape index (κ3) is 4.07. The third-order valence-corrected chi connectivity index (χ3v) is 5.55. The predicted octanol–water partition coefficient (Wildman–Crippen LogP) is 4.61. The molecule has 1 amide bonds. The monoisotopic (exact) mass is 413 g/mol. The molecule has 2 aromatic carbocycles. The number of likely N-dealkylation sites (tertiary alicyclic amines) is 1. The van der Waals surface area contributed by atoms with Crippen LogP contribution < -0.4 is 9.64 Å². The second-order valence-electron chi connectivity index (χ2n) is 7.00. The zero-order valence-electron chi connectivity index (χ0n) is 15.8. The molecule has 0 N–H and O–H groups in total. The zero-order valence-corrected chi connectivity index (χ0v) is 16.6. The Labute approximate surface area is 174 Å². The van der Waals surface area contributed by atoms with Crippen molar-refractivity contribution in [2.75, 3.05) is 24.7 Å². The van der Waals surface area contributed by atoms with Crippen molar-refractivity contribution in [3.8, 4) is 11.5 Å². The lowest BCUT2D eigenvalue weighted by Gasteiger charge is -2.26. The number of carbonyl (C=O) groups excluding carboxylic acids is 1. The van der Waals surface area contributed by atoms with Crippen molar-refractivity contribution in [2.24, 2.45) is 0 Å². The number of ether oxygens (including phenoxy) is 1. The fourth-order valence-electron chi connectivity index (χ4n) is 3.58. The highest BCUT2D eigenvalue weighted by Gasteiger charge is 2.30. The topological polar surface area (TPSA) is 36.0 Å². The number of anilines is 1. The molecule has 0 radical (unpaired) electrons. The van der Waals surface area contributed by atoms with Crippen LogP contribution in [0.3, 0.4) is 0 Å². The average Bonchev–Trinajstić information content (AvgIpc) is 3.41. The van der Waals surface area contributed by atoms with E-state index in [1.54, 1.807) is 12.1 Å². The summed E-state index contributed by atoms with van der Waals surface area (Å²) in [7, 11) is 0. The number of hydrogen-bond donors (Lipinski definition) is 0. The van der Waals surface area contributed by atoms with Crippen LogP contribution in [0.25, 0.3) is 0 Å². The summed E-state index contributed by atoms with van der Waals surface area (Å²) < 4.78 is 19.2. The first-order chi connectivity index (χ1) is 14.0. The van der Waals surface area contributed by atoms with E-state index in [9.17, 15) is 9.18 Å². The second-order valence-corrected chi connectivity index (χ2v) is 7.38. The van der Waals surface area contributed by atoms with Gasteiger partial charge in [0.1, 0.15) is 22.3 Å². The van der Waals surface area contributed by atoms with Gasteiger partial charge in [-0.05, 0) is 48.9 Å². The maximum Gasteiger partial charge on any atom is 0.246 e. The summed E-state index contributed by atoms with van der Waals surface area (Å²) >= 11 is 5.94. The normalized spacial score (nSPS) is 18.4. The van der Waals surface area contributed by atoms with Crippen LogP contribution in [0.1, 0.15) is 6.42 Å². The standard InChI is InChI=1S/C22H21ClFN3O2/c1-2-21(28)25-11-10-17(14-25)27-13-12-26(15-27)16-6-8-18(9-7-16)29-20-5-3-4-19(24)22(20)23/h2-9,12-13,17H,1,10-11,14-15H2/t17-/m1/s1. The quantitative estimate of drug-likeness (QED) is 0.671. The van der Waals surface area contributed by atoms with Crippen LogP contribution in [0.2, 0.25) is 5.02 Å². The van der Waals surface area contributed by atoms with Crippen LogP contribution in [0.4, 0.5) is 10.1 Å². The van der Waals surface area contributed by atoms with Gasteiger partial charge in [0.25, 0.3) is 0 Å². The first kappa shape index (κ1) is 19.3. The van der Waals surface area contributed by atoms with Crippen molar-refractivity contribution in [1.82, 2.24) is 9.80 Å². The van der Waals surface area contributed by atoms with E-state index in [-0.39, 0.29) is 16.7 Å². The van der Waals surface area contributed by atoms with Crippen LogP contribution >= 0.6 is 11.6 Å². The Morgan fingerprint density at radius 3 is 2.76 bits per heavy atom. The van der Waals surface area contributed by atoms with Gasteiger partial charge < -0.3 is 19.4 Å². The molecule has 2 aromatic rings. The molecule has 2 aliphatic rings. The number of nitrogens with zero attached hydrogens (tertiary/aromatic N) is 3. The maximum atomic E-state index is 13.5. The van der Waals surface area contributed by atoms with Gasteiger partial charge in [-0.25, -0.2) is 4.39 Å². The molecular weight excluding hydrogens is 393 g/mol. The van der Waals surface area contributed by atoms with E-state index in [2.05, 4.69) is 22.6 Å². The van der Waals surface area contributed by atoms with Gasteiger partial charge in [0.2, 0.25) is 5.91 Å². The van der Waals surface area contributed by atoms with Crippen molar-refractivity contribution in [3.05, 3.63) is 78.4 Å². The summed E-state index contributed by atoms with van der Waals surface area (Å²) in [5.41, 5.74) is 1.01. The molecule has 7 heteroatoms. The average molecular weight is 414 g/mol. The van der Waals surface area contributed by atoms with Gasteiger partial charge in [0.05, 0.1) is 6.67 Å². The van der Waals surface area contributed by atoms with Gasteiger partial charge >= 0.3 is 0 Å². The van der Waals surface area contributed by atoms with Gasteiger partial charge in [0.15, 0.2) is 0 Å². The Bertz CT molecular complexity index is 948. The van der Waals surface area contributed by atoms with Crippen LogP contribution in [-0.2, 0) is 4.79 Å². The van der Waals surface area contributed by atoms with Crippen LogP contribution in [0, 0.1) is 5.82 Å². The van der Waals surface area contributed by atoms with E-state index >= 15 is 0 Å². The first-order valence-electron chi connectivity index (χ1n) is 9.39. The Morgan fingerprint density at radius 1 is 1.21 bits per heavy atom. The van der Waals surface area contributed by atoms with E-state index in [1.165, 1.54) is 12.1 Å². The fraction of sp³-hybridized carbons (Fsp3) is 0.227.